The number of halogens is 3. The molecule has 11 heteroatoms. The molecule has 0 bridgehead atoms. The molecular formula is C35H41ClF2N4O4. The zero-order valence-corrected chi connectivity index (χ0v) is 26.9. The molecule has 2 aliphatic rings. The largest absolute Gasteiger partial charge is 0.494 e. The average Bonchev–Trinajstić information content (AvgIpc) is 3.34. The number of benzene rings is 3. The Hall–Kier alpha value is -3.73. The van der Waals surface area contributed by atoms with E-state index in [0.717, 1.165) is 44.1 Å². The normalized spacial score (nSPS) is 22.2. The standard InChI is InChI=1S/C35H41ClF2N4O4/c1-20-28-27(18-25(37)31(36)30(28)29-24(33(40)43)14-15-26(45-2)32(29)38)46-35(20,22-8-4-3-5-9-22)19-42-23-12-10-21(11-13-23)34(44)41-17-7-6-16-39/h3-5,8-9,14-15,18,20-21,23,42H,6-7,10-13,16-17,19,39H2,1-2H3,(H2,40,43)(H,41,44)/t20-,21?,23?,35-/m0/s1. The Bertz CT molecular complexity index is 1580. The summed E-state index contributed by atoms with van der Waals surface area (Å²) in [6.45, 7) is 3.51. The quantitative estimate of drug-likeness (QED) is 0.183. The number of fused-ring (bicyclic) bond motifs is 1. The lowest BCUT2D eigenvalue weighted by Gasteiger charge is -2.37. The van der Waals surface area contributed by atoms with Gasteiger partial charge in [-0.2, -0.15) is 0 Å². The van der Waals surface area contributed by atoms with Crippen molar-refractivity contribution >= 4 is 23.4 Å². The van der Waals surface area contributed by atoms with Gasteiger partial charge in [0.15, 0.2) is 17.2 Å². The van der Waals surface area contributed by atoms with Crippen LogP contribution in [0.1, 0.15) is 72.9 Å². The van der Waals surface area contributed by atoms with E-state index in [1.54, 1.807) is 0 Å². The van der Waals surface area contributed by atoms with Gasteiger partial charge in [-0.25, -0.2) is 8.78 Å². The lowest BCUT2D eigenvalue weighted by molar-refractivity contribution is -0.126. The molecule has 2 atom stereocenters. The minimum absolute atomic E-state index is 0.00477. The molecule has 0 spiro atoms. The van der Waals surface area contributed by atoms with Crippen LogP contribution in [-0.4, -0.2) is 44.6 Å². The molecule has 0 saturated heterocycles. The third kappa shape index (κ3) is 6.43. The number of primary amides is 1. The van der Waals surface area contributed by atoms with E-state index in [1.807, 2.05) is 37.3 Å². The van der Waals surface area contributed by atoms with E-state index in [0.29, 0.717) is 25.2 Å². The highest BCUT2D eigenvalue weighted by Crippen LogP contribution is 2.56. The number of hydrogen-bond donors (Lipinski definition) is 4. The lowest BCUT2D eigenvalue weighted by Crippen LogP contribution is -2.48. The van der Waals surface area contributed by atoms with Crippen LogP contribution < -0.4 is 31.6 Å². The summed E-state index contributed by atoms with van der Waals surface area (Å²) in [6.07, 6.45) is 4.86. The van der Waals surface area contributed by atoms with Crippen LogP contribution in [0.5, 0.6) is 11.5 Å². The van der Waals surface area contributed by atoms with Crippen LogP contribution in [0.4, 0.5) is 8.78 Å². The number of carbonyl (C=O) groups excluding carboxylic acids is 2. The first kappa shape index (κ1) is 33.6. The highest BCUT2D eigenvalue weighted by molar-refractivity contribution is 6.34. The van der Waals surface area contributed by atoms with Gasteiger partial charge in [0.1, 0.15) is 11.6 Å². The van der Waals surface area contributed by atoms with Gasteiger partial charge in [-0.1, -0.05) is 48.9 Å². The fourth-order valence-electron chi connectivity index (χ4n) is 6.86. The van der Waals surface area contributed by atoms with Crippen molar-refractivity contribution in [2.24, 2.45) is 17.4 Å². The fourth-order valence-corrected chi connectivity index (χ4v) is 7.11. The number of nitrogens with two attached hydrogens (primary N) is 2. The second kappa shape index (κ2) is 14.4. The summed E-state index contributed by atoms with van der Waals surface area (Å²) in [5.74, 6) is -2.96. The molecule has 1 saturated carbocycles. The SMILES string of the molecule is COc1ccc(C(N)=O)c(-c2c(Cl)c(F)cc3c2[C@H](C)[C@@](CNC2CCC(C(=O)NCCCCN)CC2)(c2ccccc2)O3)c1F. The third-order valence-electron chi connectivity index (χ3n) is 9.43. The van der Waals surface area contributed by atoms with E-state index < -0.39 is 29.1 Å². The fraction of sp³-hybridized carbons (Fsp3) is 0.429. The molecule has 0 aromatic heterocycles. The van der Waals surface area contributed by atoms with Crippen molar-refractivity contribution < 1.29 is 27.8 Å². The van der Waals surface area contributed by atoms with E-state index in [9.17, 15) is 9.59 Å². The summed E-state index contributed by atoms with van der Waals surface area (Å²) in [7, 11) is 1.30. The number of unbranched alkanes of at least 4 members (excludes halogenated alkanes) is 1. The van der Waals surface area contributed by atoms with Crippen LogP contribution in [0.25, 0.3) is 11.1 Å². The van der Waals surface area contributed by atoms with Gasteiger partial charge in [0, 0.05) is 53.7 Å². The second-order valence-corrected chi connectivity index (χ2v) is 12.5. The minimum atomic E-state index is -1.03. The molecule has 246 valence electrons. The molecule has 2 amide bonds. The van der Waals surface area contributed by atoms with Crippen LogP contribution in [0, 0.1) is 17.6 Å². The van der Waals surface area contributed by atoms with Gasteiger partial charge in [0.2, 0.25) is 11.8 Å². The Balaban J connectivity index is 1.46. The maximum atomic E-state index is 16.0. The molecule has 5 rings (SSSR count). The number of carbonyl (C=O) groups is 2. The van der Waals surface area contributed by atoms with Gasteiger partial charge >= 0.3 is 0 Å². The smallest absolute Gasteiger partial charge is 0.249 e. The number of rotatable bonds is 12. The maximum Gasteiger partial charge on any atom is 0.249 e. The average molecular weight is 655 g/mol. The molecule has 3 aromatic carbocycles. The molecule has 0 radical (unpaired) electrons. The summed E-state index contributed by atoms with van der Waals surface area (Å²) >= 11 is 6.60. The first-order chi connectivity index (χ1) is 22.1. The second-order valence-electron chi connectivity index (χ2n) is 12.1. The Labute approximate surface area is 273 Å². The number of hydrogen-bond acceptors (Lipinski definition) is 6. The zero-order chi connectivity index (χ0) is 33.0. The molecule has 8 nitrogen and oxygen atoms in total. The lowest BCUT2D eigenvalue weighted by atomic mass is 9.77. The van der Waals surface area contributed by atoms with Crippen molar-refractivity contribution in [3.05, 3.63) is 81.9 Å². The first-order valence-electron chi connectivity index (χ1n) is 15.8. The van der Waals surface area contributed by atoms with Crippen LogP contribution in [-0.2, 0) is 10.4 Å². The molecule has 0 unspecified atom stereocenters. The maximum absolute atomic E-state index is 16.0. The molecule has 6 N–H and O–H groups in total. The van der Waals surface area contributed by atoms with Gasteiger partial charge in [-0.05, 0) is 62.8 Å². The number of nitrogens with one attached hydrogen (secondary N) is 2. The van der Waals surface area contributed by atoms with Gasteiger partial charge in [0.05, 0.1) is 17.7 Å². The third-order valence-corrected chi connectivity index (χ3v) is 9.80. The molecule has 1 aliphatic carbocycles. The Morgan fingerprint density at radius 2 is 1.78 bits per heavy atom. The summed E-state index contributed by atoms with van der Waals surface area (Å²) in [5, 5.41) is 6.35. The monoisotopic (exact) mass is 654 g/mol. The summed E-state index contributed by atoms with van der Waals surface area (Å²) in [6, 6.07) is 13.5. The summed E-state index contributed by atoms with van der Waals surface area (Å²) in [5.41, 5.74) is 11.1. The van der Waals surface area contributed by atoms with Gasteiger partial charge in [-0.15, -0.1) is 0 Å². The van der Waals surface area contributed by atoms with Gasteiger partial charge in [-0.3, -0.25) is 9.59 Å². The summed E-state index contributed by atoms with van der Waals surface area (Å²) in [4.78, 5) is 25.2. The van der Waals surface area contributed by atoms with E-state index in [4.69, 9.17) is 32.5 Å². The van der Waals surface area contributed by atoms with Crippen LogP contribution in [0.2, 0.25) is 5.02 Å². The minimum Gasteiger partial charge on any atom is -0.494 e. The molecule has 3 aromatic rings. The van der Waals surface area contributed by atoms with Crippen molar-refractivity contribution in [2.45, 2.75) is 63.0 Å². The van der Waals surface area contributed by atoms with Gasteiger partial charge in [0.25, 0.3) is 0 Å². The molecule has 1 aliphatic heterocycles. The van der Waals surface area contributed by atoms with Crippen molar-refractivity contribution in [1.29, 1.82) is 0 Å². The van der Waals surface area contributed by atoms with Crippen LogP contribution >= 0.6 is 11.6 Å². The van der Waals surface area contributed by atoms with E-state index in [2.05, 4.69) is 10.6 Å². The molecule has 1 fully saturated rings. The topological polar surface area (TPSA) is 129 Å². The highest BCUT2D eigenvalue weighted by atomic mass is 35.5. The highest BCUT2D eigenvalue weighted by Gasteiger charge is 2.50. The van der Waals surface area contributed by atoms with E-state index in [1.165, 1.54) is 25.3 Å². The first-order valence-corrected chi connectivity index (χ1v) is 16.1. The van der Waals surface area contributed by atoms with Crippen LogP contribution in [0.3, 0.4) is 0 Å². The molecule has 1 heterocycles. The molecule has 46 heavy (non-hydrogen) atoms. The number of methoxy groups -OCH3 is 1. The Morgan fingerprint density at radius 3 is 2.43 bits per heavy atom. The molecular weight excluding hydrogens is 614 g/mol. The van der Waals surface area contributed by atoms with Crippen molar-refractivity contribution in [3.8, 4) is 22.6 Å². The predicted octanol–water partition coefficient (Wildman–Crippen LogP) is 5.79. The Kier molecular flexibility index (Phi) is 10.5. The van der Waals surface area contributed by atoms with E-state index in [-0.39, 0.29) is 51.1 Å². The zero-order valence-electron chi connectivity index (χ0n) is 26.1. The van der Waals surface area contributed by atoms with Crippen molar-refractivity contribution in [1.82, 2.24) is 10.6 Å². The number of amides is 2. The Morgan fingerprint density at radius 1 is 1.07 bits per heavy atom. The predicted molar refractivity (Wildman–Crippen MR) is 174 cm³/mol. The number of ether oxygens (including phenoxy) is 2. The van der Waals surface area contributed by atoms with Gasteiger partial charge < -0.3 is 31.6 Å². The summed E-state index contributed by atoms with van der Waals surface area (Å²) < 4.78 is 43.4. The van der Waals surface area contributed by atoms with Crippen molar-refractivity contribution in [3.63, 3.8) is 0 Å². The van der Waals surface area contributed by atoms with E-state index >= 15 is 8.78 Å². The van der Waals surface area contributed by atoms with Crippen molar-refractivity contribution in [2.75, 3.05) is 26.7 Å². The van der Waals surface area contributed by atoms with Crippen LogP contribution in [0.15, 0.2) is 48.5 Å².